The summed E-state index contributed by atoms with van der Waals surface area (Å²) in [7, 11) is 1.57. The van der Waals surface area contributed by atoms with Crippen LogP contribution in [-0.4, -0.2) is 47.7 Å². The number of amides is 3. The Morgan fingerprint density at radius 1 is 1.31 bits per heavy atom. The average molecular weight is 224 g/mol. The van der Waals surface area contributed by atoms with E-state index in [-0.39, 0.29) is 36.7 Å². The minimum Gasteiger partial charge on any atom is -0.318 e. The van der Waals surface area contributed by atoms with Crippen molar-refractivity contribution in [3.63, 3.8) is 0 Å². The van der Waals surface area contributed by atoms with Crippen molar-refractivity contribution < 1.29 is 14.4 Å². The molecule has 0 N–H and O–H groups in total. The largest absolute Gasteiger partial charge is 0.327 e. The summed E-state index contributed by atoms with van der Waals surface area (Å²) in [5, 5.41) is 0. The van der Waals surface area contributed by atoms with E-state index in [1.165, 1.54) is 4.90 Å². The Morgan fingerprint density at radius 3 is 2.44 bits per heavy atom. The second-order valence-corrected chi connectivity index (χ2v) is 4.57. The first kappa shape index (κ1) is 11.1. The highest BCUT2D eigenvalue weighted by molar-refractivity contribution is 6.04. The van der Waals surface area contributed by atoms with E-state index in [1.54, 1.807) is 7.05 Å². The molecule has 0 spiro atoms. The van der Waals surface area contributed by atoms with Crippen molar-refractivity contribution in [2.24, 2.45) is 5.92 Å². The number of rotatable bonds is 3. The highest BCUT2D eigenvalue weighted by atomic mass is 16.2. The summed E-state index contributed by atoms with van der Waals surface area (Å²) in [5.74, 6) is -0.167. The monoisotopic (exact) mass is 224 g/mol. The molecule has 0 bridgehead atoms. The Balaban J connectivity index is 1.96. The highest BCUT2D eigenvalue weighted by Gasteiger charge is 2.36. The van der Waals surface area contributed by atoms with E-state index < -0.39 is 0 Å². The molecule has 1 aliphatic carbocycles. The maximum atomic E-state index is 11.8. The molecule has 0 radical (unpaired) electrons. The third-order valence-corrected chi connectivity index (χ3v) is 3.36. The molecule has 0 aromatic heterocycles. The van der Waals surface area contributed by atoms with Crippen molar-refractivity contribution in [3.8, 4) is 0 Å². The smallest absolute Gasteiger partial charge is 0.318 e. The summed E-state index contributed by atoms with van der Waals surface area (Å²) < 4.78 is 0. The number of likely N-dealkylation sites (N-methyl/N-ethyl adjacent to an activating group) is 1. The van der Waals surface area contributed by atoms with E-state index in [2.05, 4.69) is 0 Å². The van der Waals surface area contributed by atoms with Gasteiger partial charge in [-0.1, -0.05) is 12.8 Å². The Bertz CT molecular complexity index is 334. The van der Waals surface area contributed by atoms with Crippen LogP contribution in [0.25, 0.3) is 0 Å². The summed E-state index contributed by atoms with van der Waals surface area (Å²) in [6.07, 6.45) is 3.98. The molecule has 5 heteroatoms. The van der Waals surface area contributed by atoms with Gasteiger partial charge in [-0.2, -0.15) is 0 Å². The number of carbonyl (C=O) groups is 3. The van der Waals surface area contributed by atoms with Crippen LogP contribution in [0.1, 0.15) is 25.7 Å². The lowest BCUT2D eigenvalue weighted by Gasteiger charge is -2.15. The molecule has 2 rings (SSSR count). The minimum atomic E-state index is -0.351. The molecule has 0 aromatic carbocycles. The van der Waals surface area contributed by atoms with Crippen LogP contribution in [0.4, 0.5) is 4.79 Å². The molecule has 1 heterocycles. The van der Waals surface area contributed by atoms with Crippen molar-refractivity contribution in [1.29, 1.82) is 0 Å². The first-order chi connectivity index (χ1) is 7.59. The summed E-state index contributed by atoms with van der Waals surface area (Å²) in [4.78, 5) is 37.2. The molecular formula is C11H16N2O3. The fraction of sp³-hybridized carbons (Fsp3) is 0.727. The average Bonchev–Trinajstić information content (AvgIpc) is 2.83. The Hall–Kier alpha value is -1.39. The summed E-state index contributed by atoms with van der Waals surface area (Å²) in [6, 6.07) is -0.351. The standard InChI is InChI=1S/C11H16N2O3/c1-12-7-10(15)13(11(12)16)6-9(14)8-4-2-3-5-8/h8H,2-7H2,1H3. The van der Waals surface area contributed by atoms with Crippen LogP contribution in [-0.2, 0) is 9.59 Å². The topological polar surface area (TPSA) is 57.7 Å². The van der Waals surface area contributed by atoms with E-state index in [0.29, 0.717) is 0 Å². The van der Waals surface area contributed by atoms with Crippen LogP contribution < -0.4 is 0 Å². The van der Waals surface area contributed by atoms with E-state index in [9.17, 15) is 14.4 Å². The molecule has 2 aliphatic rings. The molecule has 16 heavy (non-hydrogen) atoms. The lowest BCUT2D eigenvalue weighted by Crippen LogP contribution is -2.37. The van der Waals surface area contributed by atoms with E-state index in [1.807, 2.05) is 0 Å². The lowest BCUT2D eigenvalue weighted by molar-refractivity contribution is -0.131. The quantitative estimate of drug-likeness (QED) is 0.661. The van der Waals surface area contributed by atoms with Crippen molar-refractivity contribution in [2.45, 2.75) is 25.7 Å². The normalized spacial score (nSPS) is 22.3. The van der Waals surface area contributed by atoms with Crippen LogP contribution in [0.3, 0.4) is 0 Å². The van der Waals surface area contributed by atoms with E-state index in [4.69, 9.17) is 0 Å². The van der Waals surface area contributed by atoms with Gasteiger partial charge in [0.25, 0.3) is 5.91 Å². The van der Waals surface area contributed by atoms with Crippen LogP contribution >= 0.6 is 0 Å². The lowest BCUT2D eigenvalue weighted by atomic mass is 10.0. The predicted octanol–water partition coefficient (Wildman–Crippen LogP) is 0.640. The first-order valence-corrected chi connectivity index (χ1v) is 5.68. The van der Waals surface area contributed by atoms with Crippen LogP contribution in [0.15, 0.2) is 0 Å². The fourth-order valence-corrected chi connectivity index (χ4v) is 2.36. The van der Waals surface area contributed by atoms with E-state index in [0.717, 1.165) is 30.6 Å². The third-order valence-electron chi connectivity index (χ3n) is 3.36. The van der Waals surface area contributed by atoms with Gasteiger partial charge in [0.05, 0.1) is 6.54 Å². The van der Waals surface area contributed by atoms with Gasteiger partial charge >= 0.3 is 6.03 Å². The second-order valence-electron chi connectivity index (χ2n) is 4.57. The molecule has 1 saturated heterocycles. The van der Waals surface area contributed by atoms with Gasteiger partial charge in [-0.3, -0.25) is 14.5 Å². The Morgan fingerprint density at radius 2 is 1.94 bits per heavy atom. The van der Waals surface area contributed by atoms with Gasteiger partial charge in [0, 0.05) is 13.0 Å². The molecular weight excluding hydrogens is 208 g/mol. The van der Waals surface area contributed by atoms with Gasteiger partial charge < -0.3 is 4.90 Å². The number of hydrogen-bond donors (Lipinski definition) is 0. The summed E-state index contributed by atoms with van der Waals surface area (Å²) in [6.45, 7) is 0.0590. The molecule has 0 atom stereocenters. The highest BCUT2D eigenvalue weighted by Crippen LogP contribution is 2.26. The number of Topliss-reactive ketones (excluding diaryl/α,β-unsaturated/α-hetero) is 1. The van der Waals surface area contributed by atoms with Gasteiger partial charge in [0.15, 0.2) is 5.78 Å². The number of carbonyl (C=O) groups excluding carboxylic acids is 3. The molecule has 0 unspecified atom stereocenters. The summed E-state index contributed by atoms with van der Waals surface area (Å²) >= 11 is 0. The molecule has 5 nitrogen and oxygen atoms in total. The first-order valence-electron chi connectivity index (χ1n) is 5.68. The summed E-state index contributed by atoms with van der Waals surface area (Å²) in [5.41, 5.74) is 0. The number of ketones is 1. The molecule has 2 fully saturated rings. The second kappa shape index (κ2) is 4.23. The number of hydrogen-bond acceptors (Lipinski definition) is 3. The Kier molecular flexibility index (Phi) is 2.94. The minimum absolute atomic E-state index is 0.0350. The zero-order valence-corrected chi connectivity index (χ0v) is 9.44. The van der Waals surface area contributed by atoms with Gasteiger partial charge in [-0.05, 0) is 12.8 Å². The SMILES string of the molecule is CN1CC(=O)N(CC(=O)C2CCCC2)C1=O. The van der Waals surface area contributed by atoms with E-state index >= 15 is 0 Å². The van der Waals surface area contributed by atoms with Crippen molar-refractivity contribution in [2.75, 3.05) is 20.1 Å². The van der Waals surface area contributed by atoms with Crippen molar-refractivity contribution in [3.05, 3.63) is 0 Å². The fourth-order valence-electron chi connectivity index (χ4n) is 2.36. The van der Waals surface area contributed by atoms with Gasteiger partial charge in [-0.15, -0.1) is 0 Å². The molecule has 0 aromatic rings. The molecule has 88 valence electrons. The number of imide groups is 1. The maximum Gasteiger partial charge on any atom is 0.327 e. The predicted molar refractivity (Wildman–Crippen MR) is 56.7 cm³/mol. The number of nitrogens with zero attached hydrogens (tertiary/aromatic N) is 2. The Labute approximate surface area is 94.4 Å². The van der Waals surface area contributed by atoms with Crippen molar-refractivity contribution in [1.82, 2.24) is 9.80 Å². The van der Waals surface area contributed by atoms with Crippen LogP contribution in [0.2, 0.25) is 0 Å². The molecule has 1 saturated carbocycles. The van der Waals surface area contributed by atoms with Crippen LogP contribution in [0, 0.1) is 5.92 Å². The van der Waals surface area contributed by atoms with Gasteiger partial charge in [0.2, 0.25) is 0 Å². The molecule has 3 amide bonds. The number of urea groups is 1. The van der Waals surface area contributed by atoms with Crippen LogP contribution in [0.5, 0.6) is 0 Å². The van der Waals surface area contributed by atoms with Gasteiger partial charge in [-0.25, -0.2) is 4.79 Å². The molecule has 1 aliphatic heterocycles. The van der Waals surface area contributed by atoms with Crippen molar-refractivity contribution >= 4 is 17.7 Å². The third kappa shape index (κ3) is 1.94. The van der Waals surface area contributed by atoms with Gasteiger partial charge in [0.1, 0.15) is 6.54 Å². The zero-order valence-electron chi connectivity index (χ0n) is 9.44. The maximum absolute atomic E-state index is 11.8. The zero-order chi connectivity index (χ0) is 11.7.